The molecular weight excluding hydrogens is 420 g/mol. The zero-order chi connectivity index (χ0) is 22.6. The molecule has 0 spiro atoms. The molecule has 0 N–H and O–H groups in total. The second kappa shape index (κ2) is 9.13. The quantitative estimate of drug-likeness (QED) is 0.409. The number of carbonyl (C=O) groups excluding carboxylic acids is 1. The van der Waals surface area contributed by atoms with Gasteiger partial charge in [0.1, 0.15) is 4.90 Å². The van der Waals surface area contributed by atoms with Crippen molar-refractivity contribution in [1.82, 2.24) is 9.78 Å². The maximum Gasteiger partial charge on any atom is 0.362 e. The zero-order valence-corrected chi connectivity index (χ0v) is 18.2. The predicted octanol–water partition coefficient (Wildman–Crippen LogP) is 3.05. The molecule has 0 radical (unpaired) electrons. The number of nitrogens with zero attached hydrogens (tertiary/aromatic N) is 2. The van der Waals surface area contributed by atoms with Gasteiger partial charge in [-0.25, -0.2) is 4.79 Å². The van der Waals surface area contributed by atoms with Crippen LogP contribution >= 0.6 is 0 Å². The molecule has 0 aliphatic carbocycles. The number of hydrogen-bond acceptors (Lipinski definition) is 7. The van der Waals surface area contributed by atoms with Crippen LogP contribution in [-0.2, 0) is 21.3 Å². The lowest BCUT2D eigenvalue weighted by Gasteiger charge is -2.13. The minimum absolute atomic E-state index is 0.0365. The Hall–Kier alpha value is -3.46. The molecule has 1 heterocycles. The van der Waals surface area contributed by atoms with Crippen LogP contribution in [0.1, 0.15) is 35.5 Å². The van der Waals surface area contributed by atoms with Crippen LogP contribution in [0.5, 0.6) is 5.75 Å². The Labute approximate surface area is 180 Å². The molecule has 0 fully saturated rings. The Morgan fingerprint density at radius 1 is 1.03 bits per heavy atom. The van der Waals surface area contributed by atoms with Gasteiger partial charge in [0.25, 0.3) is 5.56 Å². The number of hydrogen-bond donors (Lipinski definition) is 0. The highest BCUT2D eigenvalue weighted by Crippen LogP contribution is 2.22. The molecular formula is C22H22N2O6S. The van der Waals surface area contributed by atoms with Crippen molar-refractivity contribution in [2.75, 3.05) is 6.61 Å². The summed E-state index contributed by atoms with van der Waals surface area (Å²) in [5.41, 5.74) is 1.25. The lowest BCUT2D eigenvalue weighted by molar-refractivity contribution is 0.0515. The number of benzene rings is 2. The first-order valence-corrected chi connectivity index (χ1v) is 11.1. The summed E-state index contributed by atoms with van der Waals surface area (Å²) in [7, 11) is -4.31. The van der Waals surface area contributed by atoms with E-state index in [1.54, 1.807) is 43.3 Å². The van der Waals surface area contributed by atoms with Gasteiger partial charge in [-0.3, -0.25) is 4.79 Å². The summed E-state index contributed by atoms with van der Waals surface area (Å²) in [6, 6.07) is 13.9. The van der Waals surface area contributed by atoms with Gasteiger partial charge in [-0.2, -0.15) is 18.2 Å². The van der Waals surface area contributed by atoms with Crippen molar-refractivity contribution in [1.29, 1.82) is 0 Å². The fraction of sp³-hybridized carbons (Fsp3) is 0.227. The van der Waals surface area contributed by atoms with Gasteiger partial charge >= 0.3 is 16.1 Å². The topological polar surface area (TPSA) is 105 Å². The second-order valence-electron chi connectivity index (χ2n) is 6.70. The third-order valence-electron chi connectivity index (χ3n) is 4.46. The van der Waals surface area contributed by atoms with E-state index in [1.165, 1.54) is 12.1 Å². The number of aromatic nitrogens is 2. The highest BCUT2D eigenvalue weighted by molar-refractivity contribution is 7.87. The SMILES string of the molecule is CCOC(=O)c1nn(-c2ccc(C)cc2)c(=O)cc1OS(=O)(=O)c1ccc(CC)cc1. The molecule has 1 aromatic heterocycles. The summed E-state index contributed by atoms with van der Waals surface area (Å²) in [4.78, 5) is 25.0. The van der Waals surface area contributed by atoms with Crippen molar-refractivity contribution >= 4 is 16.1 Å². The molecule has 0 bridgehead atoms. The van der Waals surface area contributed by atoms with Crippen LogP contribution in [-0.4, -0.2) is 30.8 Å². The van der Waals surface area contributed by atoms with Gasteiger partial charge in [-0.1, -0.05) is 36.8 Å². The van der Waals surface area contributed by atoms with Crippen molar-refractivity contribution < 1.29 is 22.1 Å². The van der Waals surface area contributed by atoms with E-state index in [4.69, 9.17) is 8.92 Å². The van der Waals surface area contributed by atoms with Gasteiger partial charge < -0.3 is 8.92 Å². The highest BCUT2D eigenvalue weighted by atomic mass is 32.2. The summed E-state index contributed by atoms with van der Waals surface area (Å²) >= 11 is 0. The summed E-state index contributed by atoms with van der Waals surface area (Å²) in [6.45, 7) is 5.47. The van der Waals surface area contributed by atoms with E-state index < -0.39 is 33.1 Å². The molecule has 0 atom stereocenters. The van der Waals surface area contributed by atoms with Crippen LogP contribution in [0.4, 0.5) is 0 Å². The van der Waals surface area contributed by atoms with E-state index in [2.05, 4.69) is 5.10 Å². The number of rotatable bonds is 7. The summed E-state index contributed by atoms with van der Waals surface area (Å²) in [5, 5.41) is 4.04. The monoisotopic (exact) mass is 442 g/mol. The van der Waals surface area contributed by atoms with Crippen LogP contribution in [0, 0.1) is 6.92 Å². The first kappa shape index (κ1) is 22.2. The van der Waals surface area contributed by atoms with E-state index in [0.717, 1.165) is 28.3 Å². The first-order chi connectivity index (χ1) is 14.7. The number of carbonyl (C=O) groups is 1. The molecule has 3 aromatic rings. The van der Waals surface area contributed by atoms with Gasteiger partial charge in [-0.15, -0.1) is 0 Å². The maximum atomic E-state index is 12.7. The number of esters is 1. The molecule has 3 rings (SSSR count). The van der Waals surface area contributed by atoms with Crippen LogP contribution < -0.4 is 9.74 Å². The number of ether oxygens (including phenoxy) is 1. The van der Waals surface area contributed by atoms with E-state index in [-0.39, 0.29) is 11.5 Å². The Kier molecular flexibility index (Phi) is 6.55. The first-order valence-electron chi connectivity index (χ1n) is 9.67. The van der Waals surface area contributed by atoms with Gasteiger partial charge in [0.05, 0.1) is 18.4 Å². The Balaban J connectivity index is 2.07. The Bertz CT molecular complexity index is 1250. The molecule has 0 aliphatic rings. The molecule has 162 valence electrons. The average molecular weight is 442 g/mol. The smallest absolute Gasteiger partial charge is 0.362 e. The highest BCUT2D eigenvalue weighted by Gasteiger charge is 2.25. The van der Waals surface area contributed by atoms with Crippen LogP contribution in [0.15, 0.2) is 64.3 Å². The molecule has 0 amide bonds. The van der Waals surface area contributed by atoms with Crippen molar-refractivity contribution in [2.24, 2.45) is 0 Å². The fourth-order valence-corrected chi connectivity index (χ4v) is 3.70. The normalized spacial score (nSPS) is 11.2. The molecule has 0 saturated carbocycles. The van der Waals surface area contributed by atoms with E-state index in [0.29, 0.717) is 5.69 Å². The largest absolute Gasteiger partial charge is 0.461 e. The second-order valence-corrected chi connectivity index (χ2v) is 8.24. The molecule has 9 heteroatoms. The van der Waals surface area contributed by atoms with E-state index in [1.807, 2.05) is 13.8 Å². The van der Waals surface area contributed by atoms with Crippen molar-refractivity contribution in [3.63, 3.8) is 0 Å². The minimum Gasteiger partial charge on any atom is -0.461 e. The van der Waals surface area contributed by atoms with Crippen LogP contribution in [0.3, 0.4) is 0 Å². The fourth-order valence-electron chi connectivity index (χ4n) is 2.77. The molecule has 0 aliphatic heterocycles. The molecule has 2 aromatic carbocycles. The molecule has 8 nitrogen and oxygen atoms in total. The van der Waals surface area contributed by atoms with Crippen LogP contribution in [0.2, 0.25) is 0 Å². The van der Waals surface area contributed by atoms with Gasteiger partial charge in [0.2, 0.25) is 5.69 Å². The van der Waals surface area contributed by atoms with Gasteiger partial charge in [0.15, 0.2) is 5.75 Å². The molecule has 31 heavy (non-hydrogen) atoms. The third kappa shape index (κ3) is 5.00. The van der Waals surface area contributed by atoms with Crippen molar-refractivity contribution in [3.8, 4) is 11.4 Å². The standard InChI is InChI=1S/C22H22N2O6S/c1-4-16-8-12-18(13-9-16)31(27,28)30-19-14-20(25)24(17-10-6-15(3)7-11-17)23-21(19)22(26)29-5-2/h6-14H,4-5H2,1-3H3. The third-order valence-corrected chi connectivity index (χ3v) is 5.71. The molecule has 0 saturated heterocycles. The lowest BCUT2D eigenvalue weighted by Crippen LogP contribution is -2.26. The summed E-state index contributed by atoms with van der Waals surface area (Å²) < 4.78 is 36.6. The van der Waals surface area contributed by atoms with Gasteiger partial charge in [0, 0.05) is 0 Å². The van der Waals surface area contributed by atoms with E-state index in [9.17, 15) is 18.0 Å². The summed E-state index contributed by atoms with van der Waals surface area (Å²) in [6.07, 6.45) is 0.745. The van der Waals surface area contributed by atoms with Crippen molar-refractivity contribution in [3.05, 3.63) is 81.8 Å². The Morgan fingerprint density at radius 2 is 1.68 bits per heavy atom. The molecule has 0 unspecified atom stereocenters. The van der Waals surface area contributed by atoms with Crippen LogP contribution in [0.25, 0.3) is 5.69 Å². The van der Waals surface area contributed by atoms with E-state index >= 15 is 0 Å². The average Bonchev–Trinajstić information content (AvgIpc) is 2.74. The minimum atomic E-state index is -4.31. The van der Waals surface area contributed by atoms with Crippen molar-refractivity contribution in [2.45, 2.75) is 32.1 Å². The predicted molar refractivity (Wildman–Crippen MR) is 114 cm³/mol. The Morgan fingerprint density at radius 3 is 2.26 bits per heavy atom. The number of aryl methyl sites for hydroxylation is 2. The summed E-state index contributed by atoms with van der Waals surface area (Å²) in [5.74, 6) is -1.40. The lowest BCUT2D eigenvalue weighted by atomic mass is 10.2. The van der Waals surface area contributed by atoms with Gasteiger partial charge in [-0.05, 0) is 50.1 Å². The maximum absolute atomic E-state index is 12.7. The zero-order valence-electron chi connectivity index (χ0n) is 17.4.